The normalized spacial score (nSPS) is 10.6. The number of aryl methyl sites for hydroxylation is 4. The average Bonchev–Trinajstić information content (AvgIpc) is 2.79. The molecule has 0 amide bonds. The minimum Gasteiger partial charge on any atom is -0.457 e. The summed E-state index contributed by atoms with van der Waals surface area (Å²) in [5.74, 6) is 1.78. The van der Waals surface area contributed by atoms with Gasteiger partial charge in [0.2, 0.25) is 0 Å². The molecule has 0 fully saturated rings. The van der Waals surface area contributed by atoms with Crippen LogP contribution in [0.3, 0.4) is 0 Å². The molecule has 0 radical (unpaired) electrons. The topological polar surface area (TPSA) is 9.23 Å². The molecule has 1 heteroatoms. The largest absolute Gasteiger partial charge is 0.457 e. The SMILES string of the molecule is c1ccc(CCc2ccc(Oc3cccc(CCc4ccccc4)c3)cc2)cc1. The molecule has 4 aromatic carbocycles. The molecule has 0 unspecified atom stereocenters. The van der Waals surface area contributed by atoms with Gasteiger partial charge < -0.3 is 4.74 Å². The van der Waals surface area contributed by atoms with Crippen molar-refractivity contribution < 1.29 is 4.74 Å². The van der Waals surface area contributed by atoms with Crippen molar-refractivity contribution in [2.45, 2.75) is 25.7 Å². The molecule has 0 N–H and O–H groups in total. The Hall–Kier alpha value is -3.32. The molecule has 29 heavy (non-hydrogen) atoms. The van der Waals surface area contributed by atoms with E-state index in [1.54, 1.807) is 0 Å². The monoisotopic (exact) mass is 378 g/mol. The molecule has 144 valence electrons. The quantitative estimate of drug-likeness (QED) is 0.319. The Morgan fingerprint density at radius 1 is 0.379 bits per heavy atom. The molecule has 0 aliphatic carbocycles. The first-order valence-electron chi connectivity index (χ1n) is 10.3. The first kappa shape index (κ1) is 19.0. The molecule has 0 aromatic heterocycles. The molecule has 1 nitrogen and oxygen atoms in total. The van der Waals surface area contributed by atoms with Gasteiger partial charge in [0.25, 0.3) is 0 Å². The van der Waals surface area contributed by atoms with Crippen molar-refractivity contribution in [3.8, 4) is 11.5 Å². The second-order valence-corrected chi connectivity index (χ2v) is 7.36. The van der Waals surface area contributed by atoms with Crippen molar-refractivity contribution >= 4 is 0 Å². The van der Waals surface area contributed by atoms with E-state index in [2.05, 4.69) is 103 Å². The summed E-state index contributed by atoms with van der Waals surface area (Å²) in [5.41, 5.74) is 5.37. The summed E-state index contributed by atoms with van der Waals surface area (Å²) >= 11 is 0. The van der Waals surface area contributed by atoms with Crippen molar-refractivity contribution in [2.24, 2.45) is 0 Å². The first-order chi connectivity index (χ1) is 14.3. The highest BCUT2D eigenvalue weighted by atomic mass is 16.5. The minimum absolute atomic E-state index is 0.883. The van der Waals surface area contributed by atoms with Crippen molar-refractivity contribution in [3.63, 3.8) is 0 Å². The fourth-order valence-electron chi connectivity index (χ4n) is 3.49. The fraction of sp³-hybridized carbons (Fsp3) is 0.143. The Kier molecular flexibility index (Phi) is 6.39. The Morgan fingerprint density at radius 3 is 1.45 bits per heavy atom. The summed E-state index contributed by atoms with van der Waals surface area (Å²) in [5, 5.41) is 0. The van der Waals surface area contributed by atoms with E-state index in [0.29, 0.717) is 0 Å². The molecule has 0 saturated carbocycles. The Labute approximate surface area is 173 Å². The second kappa shape index (κ2) is 9.75. The van der Waals surface area contributed by atoms with Gasteiger partial charge in [-0.3, -0.25) is 0 Å². The van der Waals surface area contributed by atoms with Crippen LogP contribution in [0.1, 0.15) is 22.3 Å². The van der Waals surface area contributed by atoms with Gasteiger partial charge in [0.1, 0.15) is 11.5 Å². The first-order valence-corrected chi connectivity index (χ1v) is 10.3. The van der Waals surface area contributed by atoms with Crippen molar-refractivity contribution in [1.82, 2.24) is 0 Å². The highest BCUT2D eigenvalue weighted by molar-refractivity contribution is 5.36. The van der Waals surface area contributed by atoms with E-state index < -0.39 is 0 Å². The summed E-state index contributed by atoms with van der Waals surface area (Å²) in [6.07, 6.45) is 4.16. The molecule has 0 atom stereocenters. The van der Waals surface area contributed by atoms with Crippen LogP contribution < -0.4 is 4.74 Å². The van der Waals surface area contributed by atoms with Crippen LogP contribution in [0.5, 0.6) is 11.5 Å². The Bertz CT molecular complexity index is 1000. The second-order valence-electron chi connectivity index (χ2n) is 7.36. The van der Waals surface area contributed by atoms with Crippen LogP contribution in [0.4, 0.5) is 0 Å². The number of hydrogen-bond acceptors (Lipinski definition) is 1. The molecule has 0 spiro atoms. The van der Waals surface area contributed by atoms with Crippen molar-refractivity contribution in [3.05, 3.63) is 131 Å². The number of ether oxygens (including phenoxy) is 1. The highest BCUT2D eigenvalue weighted by Gasteiger charge is 2.02. The predicted molar refractivity (Wildman–Crippen MR) is 121 cm³/mol. The third-order valence-electron chi connectivity index (χ3n) is 5.15. The van der Waals surface area contributed by atoms with Gasteiger partial charge in [0, 0.05) is 0 Å². The van der Waals surface area contributed by atoms with Crippen LogP contribution >= 0.6 is 0 Å². The molecule has 4 rings (SSSR count). The van der Waals surface area contributed by atoms with E-state index in [1.807, 2.05) is 6.07 Å². The summed E-state index contributed by atoms with van der Waals surface area (Å²) in [4.78, 5) is 0. The van der Waals surface area contributed by atoms with Gasteiger partial charge in [-0.2, -0.15) is 0 Å². The van der Waals surface area contributed by atoms with Gasteiger partial charge in [0.15, 0.2) is 0 Å². The maximum absolute atomic E-state index is 6.09. The Morgan fingerprint density at radius 2 is 0.862 bits per heavy atom. The van der Waals surface area contributed by atoms with E-state index in [4.69, 9.17) is 4.74 Å². The molecule has 0 heterocycles. The van der Waals surface area contributed by atoms with Gasteiger partial charge >= 0.3 is 0 Å². The number of hydrogen-bond donors (Lipinski definition) is 0. The van der Waals surface area contributed by atoms with Gasteiger partial charge in [-0.15, -0.1) is 0 Å². The lowest BCUT2D eigenvalue weighted by Crippen LogP contribution is -1.93. The zero-order valence-corrected chi connectivity index (χ0v) is 16.6. The minimum atomic E-state index is 0.883. The highest BCUT2D eigenvalue weighted by Crippen LogP contribution is 2.23. The van der Waals surface area contributed by atoms with E-state index in [-0.39, 0.29) is 0 Å². The lowest BCUT2D eigenvalue weighted by Gasteiger charge is -2.09. The smallest absolute Gasteiger partial charge is 0.127 e. The van der Waals surface area contributed by atoms with E-state index >= 15 is 0 Å². The zero-order chi connectivity index (χ0) is 19.7. The molecule has 0 aliphatic rings. The lowest BCUT2D eigenvalue weighted by atomic mass is 10.0. The number of benzene rings is 4. The number of rotatable bonds is 8. The van der Waals surface area contributed by atoms with Gasteiger partial charge in [0.05, 0.1) is 0 Å². The predicted octanol–water partition coefficient (Wildman–Crippen LogP) is 7.05. The molecule has 4 aromatic rings. The van der Waals surface area contributed by atoms with Gasteiger partial charge in [-0.05, 0) is 72.2 Å². The van der Waals surface area contributed by atoms with Crippen LogP contribution in [0.25, 0.3) is 0 Å². The third kappa shape index (κ3) is 5.83. The summed E-state index contributed by atoms with van der Waals surface area (Å²) < 4.78 is 6.09. The van der Waals surface area contributed by atoms with E-state index in [1.165, 1.54) is 22.3 Å². The Balaban J connectivity index is 1.33. The molecule has 0 saturated heterocycles. The van der Waals surface area contributed by atoms with Gasteiger partial charge in [-0.25, -0.2) is 0 Å². The summed E-state index contributed by atoms with van der Waals surface area (Å²) in [7, 11) is 0. The maximum atomic E-state index is 6.09. The third-order valence-corrected chi connectivity index (χ3v) is 5.15. The van der Waals surface area contributed by atoms with Crippen LogP contribution in [0.15, 0.2) is 109 Å². The molecular weight excluding hydrogens is 352 g/mol. The van der Waals surface area contributed by atoms with Crippen LogP contribution in [-0.4, -0.2) is 0 Å². The van der Waals surface area contributed by atoms with Crippen LogP contribution in [0, 0.1) is 0 Å². The van der Waals surface area contributed by atoms with E-state index in [9.17, 15) is 0 Å². The van der Waals surface area contributed by atoms with Crippen molar-refractivity contribution in [2.75, 3.05) is 0 Å². The summed E-state index contributed by atoms with van der Waals surface area (Å²) in [6.45, 7) is 0. The van der Waals surface area contributed by atoms with E-state index in [0.717, 1.165) is 37.2 Å². The molecular formula is C28H26O. The van der Waals surface area contributed by atoms with Crippen molar-refractivity contribution in [1.29, 1.82) is 0 Å². The van der Waals surface area contributed by atoms with Crippen LogP contribution in [0.2, 0.25) is 0 Å². The molecule has 0 bridgehead atoms. The molecule has 0 aliphatic heterocycles. The maximum Gasteiger partial charge on any atom is 0.127 e. The fourth-order valence-corrected chi connectivity index (χ4v) is 3.49. The average molecular weight is 379 g/mol. The van der Waals surface area contributed by atoms with Crippen LogP contribution in [-0.2, 0) is 25.7 Å². The standard InChI is InChI=1S/C28H26O/c1-3-8-23(9-4-1)14-15-25-18-20-27(21-19-25)29-28-13-7-12-26(22-28)17-16-24-10-5-2-6-11-24/h1-13,18-22H,14-17H2. The zero-order valence-electron chi connectivity index (χ0n) is 16.6. The summed E-state index contributed by atoms with van der Waals surface area (Å²) in [6, 6.07) is 38.1. The lowest BCUT2D eigenvalue weighted by molar-refractivity contribution is 0.481. The van der Waals surface area contributed by atoms with Gasteiger partial charge in [-0.1, -0.05) is 84.9 Å².